The molecule has 128 valence electrons. The molecule has 1 unspecified atom stereocenters. The lowest BCUT2D eigenvalue weighted by atomic mass is 10.2. The van der Waals surface area contributed by atoms with E-state index in [9.17, 15) is 4.79 Å². The predicted molar refractivity (Wildman–Crippen MR) is 98.9 cm³/mol. The second kappa shape index (κ2) is 7.94. The van der Waals surface area contributed by atoms with Gasteiger partial charge < -0.3 is 4.90 Å². The fourth-order valence-electron chi connectivity index (χ4n) is 2.49. The van der Waals surface area contributed by atoms with E-state index in [0.29, 0.717) is 11.7 Å². The Balaban J connectivity index is 1.77. The summed E-state index contributed by atoms with van der Waals surface area (Å²) in [5.41, 5.74) is 1.76. The van der Waals surface area contributed by atoms with Gasteiger partial charge in [0.2, 0.25) is 11.1 Å². The van der Waals surface area contributed by atoms with Gasteiger partial charge in [0.1, 0.15) is 0 Å². The van der Waals surface area contributed by atoms with E-state index in [1.54, 1.807) is 9.58 Å². The molecule has 0 aliphatic rings. The van der Waals surface area contributed by atoms with Crippen molar-refractivity contribution in [3.63, 3.8) is 0 Å². The van der Waals surface area contributed by atoms with Crippen LogP contribution in [0.1, 0.15) is 13.8 Å². The van der Waals surface area contributed by atoms with Gasteiger partial charge in [-0.25, -0.2) is 0 Å². The van der Waals surface area contributed by atoms with Crippen LogP contribution >= 0.6 is 11.8 Å². The van der Waals surface area contributed by atoms with Crippen LogP contribution in [0.5, 0.6) is 0 Å². The quantitative estimate of drug-likeness (QED) is 0.637. The lowest BCUT2D eigenvalue weighted by Crippen LogP contribution is -2.36. The Morgan fingerprint density at radius 3 is 2.40 bits per heavy atom. The van der Waals surface area contributed by atoms with Gasteiger partial charge in [-0.05, 0) is 48.5 Å². The van der Waals surface area contributed by atoms with E-state index in [1.807, 2.05) is 74.5 Å². The third-order valence-corrected chi connectivity index (χ3v) is 4.74. The van der Waals surface area contributed by atoms with Gasteiger partial charge in [0.25, 0.3) is 0 Å². The maximum atomic E-state index is 12.9. The van der Waals surface area contributed by atoms with Gasteiger partial charge in [0, 0.05) is 12.2 Å². The van der Waals surface area contributed by atoms with Gasteiger partial charge in [0.15, 0.2) is 0 Å². The molecule has 3 rings (SSSR count). The first-order valence-electron chi connectivity index (χ1n) is 8.07. The molecule has 1 heterocycles. The molecule has 2 aromatic carbocycles. The highest BCUT2D eigenvalue weighted by Crippen LogP contribution is 2.25. The van der Waals surface area contributed by atoms with Crippen molar-refractivity contribution in [3.05, 3.63) is 60.7 Å². The molecule has 0 fully saturated rings. The van der Waals surface area contributed by atoms with Crippen LogP contribution < -0.4 is 4.90 Å². The third kappa shape index (κ3) is 3.88. The Labute approximate surface area is 150 Å². The molecule has 0 N–H and O–H groups in total. The van der Waals surface area contributed by atoms with Crippen molar-refractivity contribution in [2.75, 3.05) is 11.4 Å². The first kappa shape index (κ1) is 17.2. The van der Waals surface area contributed by atoms with Crippen LogP contribution in [0, 0.1) is 0 Å². The number of thioether (sulfide) groups is 1. The van der Waals surface area contributed by atoms with Crippen molar-refractivity contribution < 1.29 is 4.79 Å². The minimum atomic E-state index is -0.311. The summed E-state index contributed by atoms with van der Waals surface area (Å²) in [6.07, 6.45) is 0. The number of carbonyl (C=O) groups is 1. The number of aromatic nitrogens is 4. The number of anilines is 1. The summed E-state index contributed by atoms with van der Waals surface area (Å²) < 4.78 is 1.65. The van der Waals surface area contributed by atoms with E-state index in [-0.39, 0.29) is 11.2 Å². The van der Waals surface area contributed by atoms with Crippen LogP contribution in [-0.4, -0.2) is 37.9 Å². The van der Waals surface area contributed by atoms with E-state index in [0.717, 1.165) is 11.4 Å². The average Bonchev–Trinajstić information content (AvgIpc) is 3.12. The summed E-state index contributed by atoms with van der Waals surface area (Å²) in [7, 11) is 0. The van der Waals surface area contributed by atoms with Crippen molar-refractivity contribution in [1.29, 1.82) is 0 Å². The van der Waals surface area contributed by atoms with Gasteiger partial charge >= 0.3 is 0 Å². The average molecular weight is 353 g/mol. The van der Waals surface area contributed by atoms with Crippen molar-refractivity contribution >= 4 is 23.4 Å². The van der Waals surface area contributed by atoms with Gasteiger partial charge in [0.05, 0.1) is 10.9 Å². The maximum Gasteiger partial charge on any atom is 0.240 e. The normalized spacial score (nSPS) is 11.9. The second-order valence-electron chi connectivity index (χ2n) is 5.39. The molecule has 0 aliphatic heterocycles. The number of nitrogens with zero attached hydrogens (tertiary/aromatic N) is 5. The number of hydrogen-bond acceptors (Lipinski definition) is 5. The summed E-state index contributed by atoms with van der Waals surface area (Å²) in [5, 5.41) is 12.1. The zero-order valence-corrected chi connectivity index (χ0v) is 14.9. The van der Waals surface area contributed by atoms with E-state index in [1.165, 1.54) is 11.8 Å². The molecule has 1 amide bonds. The lowest BCUT2D eigenvalue weighted by Gasteiger charge is -2.24. The highest BCUT2D eigenvalue weighted by Gasteiger charge is 2.24. The third-order valence-electron chi connectivity index (χ3n) is 3.72. The van der Waals surface area contributed by atoms with Gasteiger partial charge in [-0.3, -0.25) is 4.79 Å². The van der Waals surface area contributed by atoms with Crippen LogP contribution in [0.25, 0.3) is 5.69 Å². The predicted octanol–water partition coefficient (Wildman–Crippen LogP) is 3.20. The fourth-order valence-corrected chi connectivity index (χ4v) is 3.35. The molecule has 0 saturated carbocycles. The van der Waals surface area contributed by atoms with Crippen molar-refractivity contribution in [3.8, 4) is 5.69 Å². The van der Waals surface area contributed by atoms with Crippen LogP contribution in [0.4, 0.5) is 5.69 Å². The SMILES string of the molecule is CCN(C(=O)C(C)Sc1nnnn1-c1ccccc1)c1ccccc1. The smallest absolute Gasteiger partial charge is 0.240 e. The molecular weight excluding hydrogens is 334 g/mol. The van der Waals surface area contributed by atoms with Crippen LogP contribution in [0.15, 0.2) is 65.8 Å². The monoisotopic (exact) mass is 353 g/mol. The van der Waals surface area contributed by atoms with Gasteiger partial charge in [-0.1, -0.05) is 48.2 Å². The minimum absolute atomic E-state index is 0.0290. The molecule has 25 heavy (non-hydrogen) atoms. The minimum Gasteiger partial charge on any atom is -0.312 e. The zero-order valence-electron chi connectivity index (χ0n) is 14.1. The van der Waals surface area contributed by atoms with E-state index >= 15 is 0 Å². The largest absolute Gasteiger partial charge is 0.312 e. The standard InChI is InChI=1S/C18H19N5OS/c1-3-22(15-10-6-4-7-11-15)17(24)14(2)25-18-19-20-21-23(18)16-12-8-5-9-13-16/h4-14H,3H2,1-2H3. The first-order valence-corrected chi connectivity index (χ1v) is 8.95. The summed E-state index contributed by atoms with van der Waals surface area (Å²) in [4.78, 5) is 14.6. The molecule has 1 atom stereocenters. The molecular formula is C18H19N5OS. The summed E-state index contributed by atoms with van der Waals surface area (Å²) >= 11 is 1.35. The molecule has 0 aliphatic carbocycles. The molecule has 1 aromatic heterocycles. The topological polar surface area (TPSA) is 63.9 Å². The zero-order chi connectivity index (χ0) is 17.6. The number of hydrogen-bond donors (Lipinski definition) is 0. The number of para-hydroxylation sites is 2. The second-order valence-corrected chi connectivity index (χ2v) is 6.69. The Kier molecular flexibility index (Phi) is 5.45. The molecule has 0 spiro atoms. The number of carbonyl (C=O) groups excluding carboxylic acids is 1. The summed E-state index contributed by atoms with van der Waals surface area (Å²) in [6.45, 7) is 4.45. The maximum absolute atomic E-state index is 12.9. The Morgan fingerprint density at radius 2 is 1.76 bits per heavy atom. The van der Waals surface area contributed by atoms with E-state index in [2.05, 4.69) is 15.5 Å². The van der Waals surface area contributed by atoms with E-state index in [4.69, 9.17) is 0 Å². The molecule has 0 saturated heterocycles. The number of rotatable bonds is 6. The molecule has 3 aromatic rings. The van der Waals surface area contributed by atoms with Crippen molar-refractivity contribution in [2.24, 2.45) is 0 Å². The molecule has 0 bridgehead atoms. The Bertz CT molecular complexity index is 822. The van der Waals surface area contributed by atoms with Crippen LogP contribution in [0.3, 0.4) is 0 Å². The highest BCUT2D eigenvalue weighted by atomic mass is 32.2. The van der Waals surface area contributed by atoms with Crippen LogP contribution in [-0.2, 0) is 4.79 Å². The molecule has 6 nitrogen and oxygen atoms in total. The summed E-state index contributed by atoms with van der Waals surface area (Å²) in [5.74, 6) is 0.0290. The fraction of sp³-hybridized carbons (Fsp3) is 0.222. The van der Waals surface area contributed by atoms with Gasteiger partial charge in [-0.2, -0.15) is 4.68 Å². The van der Waals surface area contributed by atoms with E-state index < -0.39 is 0 Å². The Morgan fingerprint density at radius 1 is 1.12 bits per heavy atom. The highest BCUT2D eigenvalue weighted by molar-refractivity contribution is 8.00. The number of benzene rings is 2. The number of amides is 1. The molecule has 7 heteroatoms. The van der Waals surface area contributed by atoms with Crippen molar-refractivity contribution in [1.82, 2.24) is 20.2 Å². The first-order chi connectivity index (χ1) is 12.2. The van der Waals surface area contributed by atoms with Crippen LogP contribution in [0.2, 0.25) is 0 Å². The Hall–Kier alpha value is -2.67. The van der Waals surface area contributed by atoms with Gasteiger partial charge in [-0.15, -0.1) is 5.10 Å². The molecule has 0 radical (unpaired) electrons. The number of tetrazole rings is 1. The van der Waals surface area contributed by atoms with Crippen molar-refractivity contribution in [2.45, 2.75) is 24.3 Å². The summed E-state index contributed by atoms with van der Waals surface area (Å²) in [6, 6.07) is 19.3. The lowest BCUT2D eigenvalue weighted by molar-refractivity contribution is -0.117.